The highest BCUT2D eigenvalue weighted by Gasteiger charge is 2.06. The van der Waals surface area contributed by atoms with Crippen LogP contribution in [0.3, 0.4) is 0 Å². The number of carbonyl (C=O) groups is 1. The van der Waals surface area contributed by atoms with E-state index in [0.29, 0.717) is 12.1 Å². The summed E-state index contributed by atoms with van der Waals surface area (Å²) < 4.78 is 0. The third-order valence-corrected chi connectivity index (χ3v) is 5.20. The molecule has 5 nitrogen and oxygen atoms in total. The van der Waals surface area contributed by atoms with Crippen LogP contribution in [0.25, 0.3) is 10.8 Å². The van der Waals surface area contributed by atoms with Crippen LogP contribution in [-0.2, 0) is 12.3 Å². The quantitative estimate of drug-likeness (QED) is 0.497. The van der Waals surface area contributed by atoms with Crippen molar-refractivity contribution in [1.82, 2.24) is 20.5 Å². The fourth-order valence-electron chi connectivity index (χ4n) is 2.80. The molecule has 27 heavy (non-hydrogen) atoms. The predicted molar refractivity (Wildman–Crippen MR) is 108 cm³/mol. The molecule has 0 aliphatic carbocycles. The molecular formula is C21H18N4OS. The van der Waals surface area contributed by atoms with Gasteiger partial charge in [0.05, 0.1) is 0 Å². The van der Waals surface area contributed by atoms with Gasteiger partial charge >= 0.3 is 0 Å². The summed E-state index contributed by atoms with van der Waals surface area (Å²) in [7, 11) is 0. The number of carbonyl (C=O) groups excluding carboxylic acids is 1. The summed E-state index contributed by atoms with van der Waals surface area (Å²) in [6.45, 7) is 0.507. The van der Waals surface area contributed by atoms with Crippen molar-refractivity contribution in [2.24, 2.45) is 0 Å². The van der Waals surface area contributed by atoms with Crippen LogP contribution in [0.5, 0.6) is 0 Å². The lowest BCUT2D eigenvalue weighted by Crippen LogP contribution is -2.22. The maximum absolute atomic E-state index is 12.4. The molecule has 3 aromatic carbocycles. The molecule has 134 valence electrons. The number of nitrogens with zero attached hydrogens (tertiary/aromatic N) is 2. The van der Waals surface area contributed by atoms with Crippen molar-refractivity contribution in [3.63, 3.8) is 0 Å². The van der Waals surface area contributed by atoms with Gasteiger partial charge in [0, 0.05) is 17.9 Å². The number of thioether (sulfide) groups is 1. The van der Waals surface area contributed by atoms with Gasteiger partial charge in [-0.15, -0.1) is 0 Å². The lowest BCUT2D eigenvalue weighted by molar-refractivity contribution is 0.0951. The first kappa shape index (κ1) is 17.3. The number of nitrogens with one attached hydrogen (secondary N) is 2. The monoisotopic (exact) mass is 374 g/mol. The molecule has 0 saturated heterocycles. The number of hydrogen-bond donors (Lipinski definition) is 2. The number of aromatic amines is 1. The van der Waals surface area contributed by atoms with E-state index in [9.17, 15) is 4.79 Å². The third-order valence-electron chi connectivity index (χ3n) is 4.25. The maximum Gasteiger partial charge on any atom is 0.251 e. The molecule has 4 rings (SSSR count). The molecule has 0 aliphatic rings. The van der Waals surface area contributed by atoms with Crippen LogP contribution in [0, 0.1) is 0 Å². The minimum absolute atomic E-state index is 0.0717. The maximum atomic E-state index is 12.4. The molecular weight excluding hydrogens is 356 g/mol. The molecule has 1 heterocycles. The summed E-state index contributed by atoms with van der Waals surface area (Å²) in [6.07, 6.45) is 1.49. The Morgan fingerprint density at radius 1 is 0.963 bits per heavy atom. The first-order valence-corrected chi connectivity index (χ1v) is 9.59. The van der Waals surface area contributed by atoms with Crippen LogP contribution in [0.2, 0.25) is 0 Å². The normalized spacial score (nSPS) is 10.8. The smallest absolute Gasteiger partial charge is 0.251 e. The largest absolute Gasteiger partial charge is 0.348 e. The molecule has 0 spiro atoms. The molecule has 0 radical (unpaired) electrons. The van der Waals surface area contributed by atoms with E-state index in [1.807, 2.05) is 42.5 Å². The average Bonchev–Trinajstić information content (AvgIpc) is 3.24. The van der Waals surface area contributed by atoms with Crippen LogP contribution in [0.15, 0.2) is 78.2 Å². The molecule has 0 saturated carbocycles. The number of amides is 1. The van der Waals surface area contributed by atoms with Crippen molar-refractivity contribution in [1.29, 1.82) is 0 Å². The van der Waals surface area contributed by atoms with E-state index in [4.69, 9.17) is 0 Å². The van der Waals surface area contributed by atoms with Crippen LogP contribution in [-0.4, -0.2) is 21.1 Å². The number of fused-ring (bicyclic) bond motifs is 1. The Labute approximate surface area is 161 Å². The van der Waals surface area contributed by atoms with Gasteiger partial charge in [0.2, 0.25) is 0 Å². The van der Waals surface area contributed by atoms with E-state index in [-0.39, 0.29) is 5.91 Å². The van der Waals surface area contributed by atoms with E-state index in [1.165, 1.54) is 17.1 Å². The highest BCUT2D eigenvalue weighted by Crippen LogP contribution is 2.19. The Hall–Kier alpha value is -3.12. The number of H-pyrrole nitrogens is 1. The van der Waals surface area contributed by atoms with Gasteiger partial charge < -0.3 is 5.32 Å². The molecule has 0 atom stereocenters. The molecule has 0 unspecified atom stereocenters. The Morgan fingerprint density at radius 3 is 2.52 bits per heavy atom. The highest BCUT2D eigenvalue weighted by molar-refractivity contribution is 7.98. The zero-order chi connectivity index (χ0) is 18.5. The van der Waals surface area contributed by atoms with Gasteiger partial charge in [0.25, 0.3) is 5.91 Å². The lowest BCUT2D eigenvalue weighted by atomic mass is 10.1. The summed E-state index contributed by atoms with van der Waals surface area (Å²) in [5, 5.41) is 12.8. The van der Waals surface area contributed by atoms with E-state index in [2.05, 4.69) is 44.8 Å². The van der Waals surface area contributed by atoms with E-state index in [0.717, 1.165) is 22.0 Å². The molecule has 2 N–H and O–H groups in total. The number of benzene rings is 3. The second-order valence-corrected chi connectivity index (χ2v) is 7.10. The minimum atomic E-state index is -0.0717. The lowest BCUT2D eigenvalue weighted by Gasteiger charge is -2.07. The number of aromatic nitrogens is 3. The van der Waals surface area contributed by atoms with Crippen LogP contribution in [0.4, 0.5) is 0 Å². The highest BCUT2D eigenvalue weighted by atomic mass is 32.2. The summed E-state index contributed by atoms with van der Waals surface area (Å²) in [6, 6.07) is 22.1. The molecule has 4 aromatic rings. The molecule has 1 amide bonds. The summed E-state index contributed by atoms with van der Waals surface area (Å²) in [5.41, 5.74) is 2.87. The standard InChI is InChI=1S/C21H18N4OS/c26-20(22-12-16-7-8-17-3-1-2-4-19(17)11-16)18-9-5-15(6-10-18)13-27-21-23-14-24-25-21/h1-11,14H,12-13H2,(H,22,26)(H,23,24,25). The van der Waals surface area contributed by atoms with Crippen molar-refractivity contribution in [3.8, 4) is 0 Å². The average molecular weight is 374 g/mol. The predicted octanol–water partition coefficient (Wildman–Crippen LogP) is 4.18. The molecule has 1 aromatic heterocycles. The fourth-order valence-corrected chi connectivity index (χ4v) is 3.54. The van der Waals surface area contributed by atoms with Gasteiger partial charge in [-0.1, -0.05) is 60.3 Å². The first-order valence-electron chi connectivity index (χ1n) is 8.61. The van der Waals surface area contributed by atoms with Gasteiger partial charge in [0.15, 0.2) is 5.16 Å². The van der Waals surface area contributed by atoms with Gasteiger partial charge in [-0.2, -0.15) is 5.10 Å². The van der Waals surface area contributed by atoms with Crippen LogP contribution >= 0.6 is 11.8 Å². The zero-order valence-corrected chi connectivity index (χ0v) is 15.4. The molecule has 0 aliphatic heterocycles. The van der Waals surface area contributed by atoms with Gasteiger partial charge in [-0.05, 0) is 40.1 Å². The first-order chi connectivity index (χ1) is 13.3. The number of hydrogen-bond acceptors (Lipinski definition) is 4. The molecule has 0 fully saturated rings. The minimum Gasteiger partial charge on any atom is -0.348 e. The van der Waals surface area contributed by atoms with Crippen LogP contribution in [0.1, 0.15) is 21.5 Å². The third kappa shape index (κ3) is 4.35. The van der Waals surface area contributed by atoms with Crippen molar-refractivity contribution in [2.75, 3.05) is 0 Å². The second kappa shape index (κ2) is 8.05. The SMILES string of the molecule is O=C(NCc1ccc2ccccc2c1)c1ccc(CSc2ncn[nH]2)cc1. The van der Waals surface area contributed by atoms with Gasteiger partial charge in [0.1, 0.15) is 6.33 Å². The molecule has 0 bridgehead atoms. The second-order valence-electron chi connectivity index (χ2n) is 6.14. The Balaban J connectivity index is 1.34. The Morgan fingerprint density at radius 2 is 1.74 bits per heavy atom. The fraction of sp³-hybridized carbons (Fsp3) is 0.0952. The Kier molecular flexibility index (Phi) is 5.16. The van der Waals surface area contributed by atoms with Gasteiger partial charge in [-0.3, -0.25) is 9.89 Å². The van der Waals surface area contributed by atoms with E-state index >= 15 is 0 Å². The van der Waals surface area contributed by atoms with Crippen molar-refractivity contribution in [3.05, 3.63) is 89.7 Å². The zero-order valence-electron chi connectivity index (χ0n) is 14.6. The van der Waals surface area contributed by atoms with Crippen molar-refractivity contribution >= 4 is 28.4 Å². The topological polar surface area (TPSA) is 70.7 Å². The number of rotatable bonds is 6. The van der Waals surface area contributed by atoms with Crippen LogP contribution < -0.4 is 5.32 Å². The summed E-state index contributed by atoms with van der Waals surface area (Å²) in [4.78, 5) is 16.5. The Bertz CT molecular complexity index is 1050. The van der Waals surface area contributed by atoms with Crippen molar-refractivity contribution in [2.45, 2.75) is 17.5 Å². The summed E-state index contributed by atoms with van der Waals surface area (Å²) >= 11 is 1.57. The van der Waals surface area contributed by atoms with Crippen molar-refractivity contribution < 1.29 is 4.79 Å². The summed E-state index contributed by atoms with van der Waals surface area (Å²) in [5.74, 6) is 0.700. The molecule has 6 heteroatoms. The van der Waals surface area contributed by atoms with E-state index in [1.54, 1.807) is 11.8 Å². The van der Waals surface area contributed by atoms with Gasteiger partial charge in [-0.25, -0.2) is 4.98 Å². The van der Waals surface area contributed by atoms with E-state index < -0.39 is 0 Å².